The first-order valence-corrected chi connectivity index (χ1v) is 7.76. The van der Waals surface area contributed by atoms with Crippen LogP contribution >= 0.6 is 0 Å². The third-order valence-corrected chi connectivity index (χ3v) is 4.00. The van der Waals surface area contributed by atoms with Crippen LogP contribution in [-0.2, 0) is 13.0 Å². The van der Waals surface area contributed by atoms with Gasteiger partial charge in [0, 0.05) is 24.3 Å². The number of aromatic nitrogens is 1. The van der Waals surface area contributed by atoms with E-state index in [1.54, 1.807) is 0 Å². The van der Waals surface area contributed by atoms with E-state index >= 15 is 0 Å². The zero-order valence-electron chi connectivity index (χ0n) is 12.8. The summed E-state index contributed by atoms with van der Waals surface area (Å²) in [5, 5.41) is 0. The van der Waals surface area contributed by atoms with Crippen LogP contribution in [0.3, 0.4) is 0 Å². The normalized spacial score (nSPS) is 20.1. The molecular weight excluding hydrogens is 250 g/mol. The Morgan fingerprint density at radius 1 is 1.40 bits per heavy atom. The molecule has 0 saturated carbocycles. The fraction of sp³-hybridized carbons (Fsp3) is 0.688. The van der Waals surface area contributed by atoms with Crippen molar-refractivity contribution in [2.24, 2.45) is 5.73 Å². The number of likely N-dealkylation sites (N-methyl/N-ethyl adjacent to an activating group) is 1. The highest BCUT2D eigenvalue weighted by Gasteiger charge is 2.19. The van der Waals surface area contributed by atoms with Gasteiger partial charge in [0.25, 0.3) is 0 Å². The largest absolute Gasteiger partial charge is 0.476 e. The third-order valence-electron chi connectivity index (χ3n) is 4.00. The van der Waals surface area contributed by atoms with Crippen LogP contribution in [0.25, 0.3) is 0 Å². The molecular formula is C16H27N3O. The molecule has 4 nitrogen and oxygen atoms in total. The SMILES string of the molecule is CCCc1cc(CN)cc(OCC2CCCCN2C)n1. The number of aryl methyl sites for hydroxylation is 1. The van der Waals surface area contributed by atoms with Crippen molar-refractivity contribution in [1.82, 2.24) is 9.88 Å². The monoisotopic (exact) mass is 277 g/mol. The van der Waals surface area contributed by atoms with Crippen LogP contribution in [0.4, 0.5) is 0 Å². The zero-order valence-corrected chi connectivity index (χ0v) is 12.8. The molecule has 2 N–H and O–H groups in total. The van der Waals surface area contributed by atoms with E-state index in [1.807, 2.05) is 6.07 Å². The molecule has 112 valence electrons. The molecule has 1 aromatic heterocycles. The van der Waals surface area contributed by atoms with E-state index in [1.165, 1.54) is 25.8 Å². The van der Waals surface area contributed by atoms with E-state index in [4.69, 9.17) is 10.5 Å². The van der Waals surface area contributed by atoms with Gasteiger partial charge in [0.05, 0.1) is 0 Å². The van der Waals surface area contributed by atoms with Gasteiger partial charge in [0.2, 0.25) is 5.88 Å². The molecule has 0 amide bonds. The molecule has 2 rings (SSSR count). The van der Waals surface area contributed by atoms with E-state index in [0.717, 1.165) is 36.6 Å². The van der Waals surface area contributed by atoms with Crippen molar-refractivity contribution in [3.63, 3.8) is 0 Å². The summed E-state index contributed by atoms with van der Waals surface area (Å²) in [6.45, 7) is 4.60. The fourth-order valence-corrected chi connectivity index (χ4v) is 2.73. The number of likely N-dealkylation sites (tertiary alicyclic amines) is 1. The Kier molecular flexibility index (Phi) is 5.80. The van der Waals surface area contributed by atoms with Crippen LogP contribution in [0.2, 0.25) is 0 Å². The van der Waals surface area contributed by atoms with E-state index in [2.05, 4.69) is 29.9 Å². The Morgan fingerprint density at radius 2 is 2.25 bits per heavy atom. The molecule has 4 heteroatoms. The molecule has 1 aliphatic rings. The average molecular weight is 277 g/mol. The van der Waals surface area contributed by atoms with Gasteiger partial charge in [0.15, 0.2) is 0 Å². The second kappa shape index (κ2) is 7.60. The Balaban J connectivity index is 1.98. The van der Waals surface area contributed by atoms with Gasteiger partial charge in [-0.1, -0.05) is 19.8 Å². The van der Waals surface area contributed by atoms with Gasteiger partial charge in [-0.2, -0.15) is 0 Å². The van der Waals surface area contributed by atoms with Crippen LogP contribution in [-0.4, -0.2) is 36.1 Å². The van der Waals surface area contributed by atoms with Gasteiger partial charge >= 0.3 is 0 Å². The third kappa shape index (κ3) is 4.18. The first-order chi connectivity index (χ1) is 9.72. The molecule has 1 aliphatic heterocycles. The lowest BCUT2D eigenvalue weighted by Crippen LogP contribution is -2.40. The molecule has 1 unspecified atom stereocenters. The summed E-state index contributed by atoms with van der Waals surface area (Å²) in [6.07, 6.45) is 5.89. The standard InChI is InChI=1S/C16H27N3O/c1-3-6-14-9-13(11-17)10-16(18-14)20-12-15-7-4-5-8-19(15)2/h9-10,15H,3-8,11-12,17H2,1-2H3. The molecule has 0 spiro atoms. The molecule has 20 heavy (non-hydrogen) atoms. The molecule has 1 saturated heterocycles. The predicted octanol–water partition coefficient (Wildman–Crippen LogP) is 2.36. The number of pyridine rings is 1. The quantitative estimate of drug-likeness (QED) is 0.867. The maximum atomic E-state index is 5.94. The van der Waals surface area contributed by atoms with Crippen molar-refractivity contribution in [2.75, 3.05) is 20.2 Å². The molecule has 0 bridgehead atoms. The summed E-state index contributed by atoms with van der Waals surface area (Å²) < 4.78 is 5.94. The predicted molar refractivity (Wildman–Crippen MR) is 81.9 cm³/mol. The molecule has 1 atom stereocenters. The van der Waals surface area contributed by atoms with Gasteiger partial charge in [-0.05, 0) is 44.5 Å². The van der Waals surface area contributed by atoms with E-state index in [9.17, 15) is 0 Å². The van der Waals surface area contributed by atoms with Crippen LogP contribution < -0.4 is 10.5 Å². The second-order valence-corrected chi connectivity index (χ2v) is 5.70. The maximum Gasteiger partial charge on any atom is 0.213 e. The van der Waals surface area contributed by atoms with E-state index in [0.29, 0.717) is 12.6 Å². The van der Waals surface area contributed by atoms with Crippen molar-refractivity contribution >= 4 is 0 Å². The topological polar surface area (TPSA) is 51.4 Å². The first kappa shape index (κ1) is 15.3. The summed E-state index contributed by atoms with van der Waals surface area (Å²) >= 11 is 0. The minimum Gasteiger partial charge on any atom is -0.476 e. The number of nitrogens with zero attached hydrogens (tertiary/aromatic N) is 2. The number of rotatable bonds is 6. The Bertz CT molecular complexity index is 422. The number of nitrogens with two attached hydrogens (primary N) is 1. The second-order valence-electron chi connectivity index (χ2n) is 5.70. The molecule has 0 aliphatic carbocycles. The molecule has 1 fully saturated rings. The first-order valence-electron chi connectivity index (χ1n) is 7.76. The highest BCUT2D eigenvalue weighted by atomic mass is 16.5. The zero-order chi connectivity index (χ0) is 14.4. The highest BCUT2D eigenvalue weighted by Crippen LogP contribution is 2.18. The number of ether oxygens (including phenoxy) is 1. The average Bonchev–Trinajstić information content (AvgIpc) is 2.46. The summed E-state index contributed by atoms with van der Waals surface area (Å²) in [6, 6.07) is 4.58. The van der Waals surface area contributed by atoms with Gasteiger partial charge in [-0.3, -0.25) is 0 Å². The van der Waals surface area contributed by atoms with Crippen LogP contribution in [0.5, 0.6) is 5.88 Å². The summed E-state index contributed by atoms with van der Waals surface area (Å²) in [4.78, 5) is 6.98. The van der Waals surface area contributed by atoms with Crippen molar-refractivity contribution in [1.29, 1.82) is 0 Å². The van der Waals surface area contributed by atoms with Crippen molar-refractivity contribution in [3.8, 4) is 5.88 Å². The number of hydrogen-bond acceptors (Lipinski definition) is 4. The molecule has 0 aromatic carbocycles. The van der Waals surface area contributed by atoms with Gasteiger partial charge < -0.3 is 15.4 Å². The highest BCUT2D eigenvalue weighted by molar-refractivity contribution is 5.25. The van der Waals surface area contributed by atoms with E-state index in [-0.39, 0.29) is 0 Å². The minimum atomic E-state index is 0.515. The van der Waals surface area contributed by atoms with Gasteiger partial charge in [-0.15, -0.1) is 0 Å². The fourth-order valence-electron chi connectivity index (χ4n) is 2.73. The van der Waals surface area contributed by atoms with Crippen LogP contribution in [0, 0.1) is 0 Å². The Morgan fingerprint density at radius 3 is 2.95 bits per heavy atom. The van der Waals surface area contributed by atoms with Crippen LogP contribution in [0.1, 0.15) is 43.9 Å². The number of piperidine rings is 1. The Labute approximate surface area is 122 Å². The van der Waals surface area contributed by atoms with Gasteiger partial charge in [-0.25, -0.2) is 4.98 Å². The molecule has 0 radical (unpaired) electrons. The molecule has 1 aromatic rings. The van der Waals surface area contributed by atoms with E-state index < -0.39 is 0 Å². The minimum absolute atomic E-state index is 0.515. The van der Waals surface area contributed by atoms with Crippen molar-refractivity contribution < 1.29 is 4.74 Å². The summed E-state index contributed by atoms with van der Waals surface area (Å²) in [5.74, 6) is 0.732. The van der Waals surface area contributed by atoms with Crippen LogP contribution in [0.15, 0.2) is 12.1 Å². The summed E-state index contributed by atoms with van der Waals surface area (Å²) in [7, 11) is 2.18. The lowest BCUT2D eigenvalue weighted by molar-refractivity contribution is 0.122. The summed E-state index contributed by atoms with van der Waals surface area (Å²) in [5.41, 5.74) is 7.95. The smallest absolute Gasteiger partial charge is 0.213 e. The number of hydrogen-bond donors (Lipinski definition) is 1. The maximum absolute atomic E-state index is 5.94. The molecule has 2 heterocycles. The lowest BCUT2D eigenvalue weighted by atomic mass is 10.0. The van der Waals surface area contributed by atoms with Crippen molar-refractivity contribution in [3.05, 3.63) is 23.4 Å². The van der Waals surface area contributed by atoms with Gasteiger partial charge in [0.1, 0.15) is 6.61 Å². The lowest BCUT2D eigenvalue weighted by Gasteiger charge is -2.32. The van der Waals surface area contributed by atoms with Crippen molar-refractivity contribution in [2.45, 2.75) is 51.6 Å². The Hall–Kier alpha value is -1.13.